The van der Waals surface area contributed by atoms with Gasteiger partial charge >= 0.3 is 0 Å². The van der Waals surface area contributed by atoms with E-state index in [4.69, 9.17) is 15.6 Å². The number of halogens is 2. The Hall–Kier alpha value is -1.36. The Labute approximate surface area is 91.8 Å². The summed E-state index contributed by atoms with van der Waals surface area (Å²) in [5.41, 5.74) is 5.41. The number of alkyl halides is 2. The van der Waals surface area contributed by atoms with Gasteiger partial charge in [0.05, 0.1) is 6.61 Å². The molecule has 1 unspecified atom stereocenters. The number of hydrogen-bond acceptors (Lipinski definition) is 3. The highest BCUT2D eigenvalue weighted by molar-refractivity contribution is 5.57. The zero-order chi connectivity index (χ0) is 11.9. The topological polar surface area (TPSA) is 55.5 Å². The van der Waals surface area contributed by atoms with Crippen LogP contribution in [0.4, 0.5) is 14.5 Å². The van der Waals surface area contributed by atoms with Gasteiger partial charge < -0.3 is 15.6 Å². The van der Waals surface area contributed by atoms with E-state index in [0.717, 1.165) is 5.56 Å². The lowest BCUT2D eigenvalue weighted by Gasteiger charge is -2.20. The maximum Gasteiger partial charge on any atom is 0.265 e. The predicted molar refractivity (Wildman–Crippen MR) is 55.6 cm³/mol. The minimum atomic E-state index is -2.62. The van der Waals surface area contributed by atoms with Gasteiger partial charge in [0.25, 0.3) is 6.43 Å². The lowest BCUT2D eigenvalue weighted by Crippen LogP contribution is -2.34. The van der Waals surface area contributed by atoms with Crippen molar-refractivity contribution in [3.63, 3.8) is 0 Å². The van der Waals surface area contributed by atoms with Crippen molar-refractivity contribution in [2.45, 2.75) is 25.4 Å². The molecule has 2 rings (SSSR count). The molecule has 0 amide bonds. The molecule has 0 saturated heterocycles. The van der Waals surface area contributed by atoms with Crippen molar-refractivity contribution in [1.29, 1.82) is 0 Å². The van der Waals surface area contributed by atoms with Gasteiger partial charge in [-0.25, -0.2) is 8.78 Å². The average Bonchev–Trinajstić information content (AvgIpc) is 2.53. The minimum absolute atomic E-state index is 0.0690. The molecular weight excluding hydrogens is 216 g/mol. The van der Waals surface area contributed by atoms with E-state index in [2.05, 4.69) is 0 Å². The molecule has 0 spiro atoms. The Morgan fingerprint density at radius 3 is 2.81 bits per heavy atom. The van der Waals surface area contributed by atoms with Gasteiger partial charge in [-0.05, 0) is 19.1 Å². The monoisotopic (exact) mass is 229 g/mol. The Balaban J connectivity index is 2.41. The number of rotatable bonds is 2. The predicted octanol–water partition coefficient (Wildman–Crippen LogP) is 1.89. The molecule has 16 heavy (non-hydrogen) atoms. The van der Waals surface area contributed by atoms with E-state index in [1.165, 1.54) is 12.1 Å². The molecule has 1 heterocycles. The van der Waals surface area contributed by atoms with Gasteiger partial charge in [0, 0.05) is 23.2 Å². The van der Waals surface area contributed by atoms with Crippen molar-refractivity contribution in [1.82, 2.24) is 0 Å². The van der Waals surface area contributed by atoms with E-state index in [1.807, 2.05) is 0 Å². The molecule has 5 heteroatoms. The Morgan fingerprint density at radius 1 is 1.56 bits per heavy atom. The maximum atomic E-state index is 12.6. The van der Waals surface area contributed by atoms with Crippen molar-refractivity contribution >= 4 is 5.69 Å². The van der Waals surface area contributed by atoms with Crippen LogP contribution in [0.25, 0.3) is 0 Å². The van der Waals surface area contributed by atoms with Crippen LogP contribution >= 0.6 is 0 Å². The van der Waals surface area contributed by atoms with Crippen LogP contribution in [-0.2, 0) is 6.42 Å². The number of hydrogen-bond donors (Lipinski definition) is 2. The minimum Gasteiger partial charge on any atom is -0.485 e. The zero-order valence-corrected chi connectivity index (χ0v) is 8.84. The number of nitrogen functional groups attached to an aromatic ring is 1. The molecule has 0 bridgehead atoms. The Bertz CT molecular complexity index is 423. The largest absolute Gasteiger partial charge is 0.485 e. The number of ether oxygens (including phenoxy) is 1. The normalized spacial score (nSPS) is 23.3. The van der Waals surface area contributed by atoms with E-state index in [-0.39, 0.29) is 17.9 Å². The second-order valence-corrected chi connectivity index (χ2v) is 4.28. The molecule has 1 aromatic rings. The standard InChI is InChI=1S/C11H13F2NO2/c1-11(5-15)4-6-2-8(14)7(10(12)13)3-9(6)16-11/h2-3,10,15H,4-5,14H2,1H3. The van der Waals surface area contributed by atoms with Crippen molar-refractivity contribution in [2.24, 2.45) is 0 Å². The summed E-state index contributed by atoms with van der Waals surface area (Å²) in [4.78, 5) is 0. The highest BCUT2D eigenvalue weighted by Gasteiger charge is 2.35. The SMILES string of the molecule is CC1(CO)Cc2cc(N)c(C(F)F)cc2O1. The van der Waals surface area contributed by atoms with Gasteiger partial charge in [-0.1, -0.05) is 0 Å². The molecule has 0 saturated carbocycles. The summed E-state index contributed by atoms with van der Waals surface area (Å²) in [5, 5.41) is 9.14. The summed E-state index contributed by atoms with van der Waals surface area (Å²) in [7, 11) is 0. The molecule has 3 N–H and O–H groups in total. The number of nitrogens with two attached hydrogens (primary N) is 1. The van der Waals surface area contributed by atoms with Crippen LogP contribution in [0.15, 0.2) is 12.1 Å². The van der Waals surface area contributed by atoms with Crippen molar-refractivity contribution in [2.75, 3.05) is 12.3 Å². The summed E-state index contributed by atoms with van der Waals surface area (Å²) >= 11 is 0. The van der Waals surface area contributed by atoms with Crippen molar-refractivity contribution < 1.29 is 18.6 Å². The zero-order valence-electron chi connectivity index (χ0n) is 8.84. The molecular formula is C11H13F2NO2. The first kappa shape index (κ1) is 11.1. The smallest absolute Gasteiger partial charge is 0.265 e. The second-order valence-electron chi connectivity index (χ2n) is 4.28. The highest BCUT2D eigenvalue weighted by atomic mass is 19.3. The highest BCUT2D eigenvalue weighted by Crippen LogP contribution is 2.39. The number of aliphatic hydroxyl groups is 1. The molecule has 0 aromatic heterocycles. The lowest BCUT2D eigenvalue weighted by molar-refractivity contribution is 0.0444. The first-order valence-electron chi connectivity index (χ1n) is 4.95. The van der Waals surface area contributed by atoms with Crippen LogP contribution in [0.1, 0.15) is 24.5 Å². The van der Waals surface area contributed by atoms with Crippen LogP contribution in [0.3, 0.4) is 0 Å². The molecule has 0 aliphatic carbocycles. The number of fused-ring (bicyclic) bond motifs is 1. The third kappa shape index (κ3) is 1.71. The number of aliphatic hydroxyl groups excluding tert-OH is 1. The van der Waals surface area contributed by atoms with E-state index in [9.17, 15) is 8.78 Å². The van der Waals surface area contributed by atoms with Gasteiger partial charge in [-0.2, -0.15) is 0 Å². The molecule has 3 nitrogen and oxygen atoms in total. The summed E-state index contributed by atoms with van der Waals surface area (Å²) in [5.74, 6) is 0.390. The van der Waals surface area contributed by atoms with Gasteiger partial charge in [0.1, 0.15) is 11.4 Å². The first-order chi connectivity index (χ1) is 7.45. The van der Waals surface area contributed by atoms with E-state index < -0.39 is 12.0 Å². The summed E-state index contributed by atoms with van der Waals surface area (Å²) in [6.07, 6.45) is -2.14. The van der Waals surface area contributed by atoms with Crippen LogP contribution in [0, 0.1) is 0 Å². The third-order valence-corrected chi connectivity index (χ3v) is 2.76. The van der Waals surface area contributed by atoms with Gasteiger partial charge in [-0.3, -0.25) is 0 Å². The molecule has 88 valence electrons. The molecule has 1 aliphatic heterocycles. The Kier molecular flexibility index (Phi) is 2.50. The van der Waals surface area contributed by atoms with Gasteiger partial charge in [-0.15, -0.1) is 0 Å². The Morgan fingerprint density at radius 2 is 2.25 bits per heavy atom. The van der Waals surface area contributed by atoms with Gasteiger partial charge in [0.2, 0.25) is 0 Å². The van der Waals surface area contributed by atoms with E-state index in [0.29, 0.717) is 12.2 Å². The summed E-state index contributed by atoms with van der Waals surface area (Å²) in [6.45, 7) is 1.57. The van der Waals surface area contributed by atoms with Crippen LogP contribution in [0.5, 0.6) is 5.75 Å². The molecule has 0 radical (unpaired) electrons. The number of benzene rings is 1. The number of anilines is 1. The quantitative estimate of drug-likeness (QED) is 0.761. The lowest BCUT2D eigenvalue weighted by atomic mass is 9.99. The van der Waals surface area contributed by atoms with Gasteiger partial charge in [0.15, 0.2) is 0 Å². The van der Waals surface area contributed by atoms with Crippen LogP contribution in [0.2, 0.25) is 0 Å². The fourth-order valence-electron chi connectivity index (χ4n) is 1.87. The van der Waals surface area contributed by atoms with E-state index in [1.54, 1.807) is 6.92 Å². The van der Waals surface area contributed by atoms with E-state index >= 15 is 0 Å². The van der Waals surface area contributed by atoms with Crippen LogP contribution < -0.4 is 10.5 Å². The van der Waals surface area contributed by atoms with Crippen molar-refractivity contribution in [3.05, 3.63) is 23.3 Å². The molecule has 0 fully saturated rings. The van der Waals surface area contributed by atoms with Crippen LogP contribution in [-0.4, -0.2) is 17.3 Å². The molecule has 1 aliphatic rings. The fourth-order valence-corrected chi connectivity index (χ4v) is 1.87. The molecule has 1 atom stereocenters. The second kappa shape index (κ2) is 3.59. The van der Waals surface area contributed by atoms with Crippen molar-refractivity contribution in [3.8, 4) is 5.75 Å². The third-order valence-electron chi connectivity index (χ3n) is 2.76. The first-order valence-corrected chi connectivity index (χ1v) is 4.95. The fraction of sp³-hybridized carbons (Fsp3) is 0.455. The summed E-state index contributed by atoms with van der Waals surface area (Å²) in [6, 6.07) is 2.76. The summed E-state index contributed by atoms with van der Waals surface area (Å²) < 4.78 is 30.6. The average molecular weight is 229 g/mol. The molecule has 1 aromatic carbocycles. The maximum absolute atomic E-state index is 12.6.